The lowest BCUT2D eigenvalue weighted by Gasteiger charge is -2.17. The van der Waals surface area contributed by atoms with Gasteiger partial charge >= 0.3 is 6.18 Å². The average molecular weight is 268 g/mol. The molecule has 3 nitrogen and oxygen atoms in total. The van der Waals surface area contributed by atoms with Gasteiger partial charge in [0.05, 0.1) is 11.3 Å². The zero-order chi connectivity index (χ0) is 13.3. The van der Waals surface area contributed by atoms with Gasteiger partial charge in [-0.2, -0.15) is 21.6 Å². The maximum atomic E-state index is 12.6. The summed E-state index contributed by atoms with van der Waals surface area (Å²) in [6, 6.07) is 4.71. The molecular weight excluding hydrogens is 257 g/mol. The molecule has 0 spiro atoms. The van der Waals surface area contributed by atoms with Crippen LogP contribution in [0.25, 0.3) is 0 Å². The molecule has 0 aliphatic carbocycles. The molecule has 0 saturated heterocycles. The van der Waals surface area contributed by atoms with E-state index in [9.17, 15) is 21.6 Å². The van der Waals surface area contributed by atoms with E-state index in [1.54, 1.807) is 0 Å². The standard InChI is InChI=1S/C10H11F3O3S/c1-7(6-17(14,15)16)8-4-2-3-5-9(8)10(11,12)13/h2-5,7H,6H2,1H3,(H,14,15,16). The largest absolute Gasteiger partial charge is 0.416 e. The van der Waals surface area contributed by atoms with Crippen LogP contribution >= 0.6 is 0 Å². The fourth-order valence-electron chi connectivity index (χ4n) is 1.59. The van der Waals surface area contributed by atoms with E-state index in [0.717, 1.165) is 6.07 Å². The van der Waals surface area contributed by atoms with Crippen molar-refractivity contribution in [2.75, 3.05) is 5.75 Å². The summed E-state index contributed by atoms with van der Waals surface area (Å²) in [7, 11) is -4.30. The Labute approximate surface area is 97.0 Å². The van der Waals surface area contributed by atoms with Gasteiger partial charge in [0, 0.05) is 0 Å². The molecule has 1 atom stereocenters. The Bertz CT molecular complexity index is 494. The van der Waals surface area contributed by atoms with Gasteiger partial charge in [0.15, 0.2) is 0 Å². The Hall–Kier alpha value is -1.08. The first kappa shape index (κ1) is 14.0. The van der Waals surface area contributed by atoms with Crippen LogP contribution in [0.15, 0.2) is 24.3 Å². The molecule has 1 aromatic carbocycles. The molecule has 0 aliphatic heterocycles. The molecule has 1 N–H and O–H groups in total. The normalized spacial score (nSPS) is 14.6. The van der Waals surface area contributed by atoms with Gasteiger partial charge in [0.2, 0.25) is 0 Å². The average Bonchev–Trinajstić information content (AvgIpc) is 2.13. The molecule has 7 heteroatoms. The number of hydrogen-bond acceptors (Lipinski definition) is 2. The highest BCUT2D eigenvalue weighted by Gasteiger charge is 2.34. The van der Waals surface area contributed by atoms with Gasteiger partial charge in [-0.15, -0.1) is 0 Å². The summed E-state index contributed by atoms with van der Waals surface area (Å²) in [4.78, 5) is 0. The highest BCUT2D eigenvalue weighted by Crippen LogP contribution is 2.35. The van der Waals surface area contributed by atoms with Crippen LogP contribution in [0.5, 0.6) is 0 Å². The van der Waals surface area contributed by atoms with Crippen molar-refractivity contribution >= 4 is 10.1 Å². The van der Waals surface area contributed by atoms with Gasteiger partial charge in [-0.3, -0.25) is 4.55 Å². The number of benzene rings is 1. The highest BCUT2D eigenvalue weighted by molar-refractivity contribution is 7.85. The minimum Gasteiger partial charge on any atom is -0.286 e. The summed E-state index contributed by atoms with van der Waals surface area (Å²) in [5.41, 5.74) is -1.02. The molecule has 1 unspecified atom stereocenters. The Morgan fingerprint density at radius 3 is 2.29 bits per heavy atom. The molecule has 0 radical (unpaired) electrons. The minimum absolute atomic E-state index is 0.141. The van der Waals surface area contributed by atoms with Gasteiger partial charge in [-0.05, 0) is 17.5 Å². The van der Waals surface area contributed by atoms with Crippen molar-refractivity contribution in [3.63, 3.8) is 0 Å². The maximum Gasteiger partial charge on any atom is 0.416 e. The smallest absolute Gasteiger partial charge is 0.286 e. The van der Waals surface area contributed by atoms with Crippen LogP contribution < -0.4 is 0 Å². The van der Waals surface area contributed by atoms with E-state index in [-0.39, 0.29) is 5.56 Å². The van der Waals surface area contributed by atoms with Gasteiger partial charge in [-0.1, -0.05) is 25.1 Å². The lowest BCUT2D eigenvalue weighted by molar-refractivity contribution is -0.138. The number of halogens is 3. The zero-order valence-electron chi connectivity index (χ0n) is 8.90. The summed E-state index contributed by atoms with van der Waals surface area (Å²) >= 11 is 0. The monoisotopic (exact) mass is 268 g/mol. The number of rotatable bonds is 3. The molecular formula is C10H11F3O3S. The van der Waals surface area contributed by atoms with Crippen molar-refractivity contribution in [3.05, 3.63) is 35.4 Å². The summed E-state index contributed by atoms with van der Waals surface area (Å²) in [6.45, 7) is 1.32. The molecule has 17 heavy (non-hydrogen) atoms. The molecule has 96 valence electrons. The summed E-state index contributed by atoms with van der Waals surface area (Å²) in [5.74, 6) is -1.66. The minimum atomic E-state index is -4.54. The molecule has 0 fully saturated rings. The second-order valence-corrected chi connectivity index (χ2v) is 5.23. The van der Waals surface area contributed by atoms with Crippen LogP contribution in [-0.4, -0.2) is 18.7 Å². The van der Waals surface area contributed by atoms with Crippen molar-refractivity contribution in [3.8, 4) is 0 Å². The number of hydrogen-bond donors (Lipinski definition) is 1. The summed E-state index contributed by atoms with van der Waals surface area (Å²) in [5, 5.41) is 0. The van der Waals surface area contributed by atoms with E-state index in [1.165, 1.54) is 25.1 Å². The topological polar surface area (TPSA) is 54.4 Å². The molecule has 0 saturated carbocycles. The van der Waals surface area contributed by atoms with Crippen molar-refractivity contribution < 1.29 is 26.1 Å². The second kappa shape index (κ2) is 4.66. The van der Waals surface area contributed by atoms with Crippen LogP contribution in [-0.2, 0) is 16.3 Å². The predicted molar refractivity (Wildman–Crippen MR) is 56.3 cm³/mol. The summed E-state index contributed by atoms with van der Waals surface area (Å²) in [6.07, 6.45) is -4.54. The third-order valence-electron chi connectivity index (χ3n) is 2.26. The maximum absolute atomic E-state index is 12.6. The van der Waals surface area contributed by atoms with Crippen molar-refractivity contribution in [2.24, 2.45) is 0 Å². The van der Waals surface area contributed by atoms with E-state index in [0.29, 0.717) is 0 Å². The first-order valence-corrected chi connectivity index (χ1v) is 6.33. The van der Waals surface area contributed by atoms with E-state index in [4.69, 9.17) is 4.55 Å². The van der Waals surface area contributed by atoms with Crippen molar-refractivity contribution in [1.82, 2.24) is 0 Å². The number of alkyl halides is 3. The summed E-state index contributed by atoms with van der Waals surface area (Å²) < 4.78 is 67.8. The van der Waals surface area contributed by atoms with Crippen LogP contribution in [0.4, 0.5) is 13.2 Å². The zero-order valence-corrected chi connectivity index (χ0v) is 9.72. The third-order valence-corrected chi connectivity index (χ3v) is 3.18. The van der Waals surface area contributed by atoms with Crippen molar-refractivity contribution in [2.45, 2.75) is 19.0 Å². The van der Waals surface area contributed by atoms with E-state index in [2.05, 4.69) is 0 Å². The highest BCUT2D eigenvalue weighted by atomic mass is 32.2. The van der Waals surface area contributed by atoms with Crippen LogP contribution in [0.3, 0.4) is 0 Å². The molecule has 0 aromatic heterocycles. The van der Waals surface area contributed by atoms with Gasteiger partial charge < -0.3 is 0 Å². The van der Waals surface area contributed by atoms with Crippen LogP contribution in [0, 0.1) is 0 Å². The third kappa shape index (κ3) is 4.01. The van der Waals surface area contributed by atoms with Crippen LogP contribution in [0.2, 0.25) is 0 Å². The van der Waals surface area contributed by atoms with Crippen LogP contribution in [0.1, 0.15) is 24.0 Å². The molecule has 0 amide bonds. The fraction of sp³-hybridized carbons (Fsp3) is 0.400. The van der Waals surface area contributed by atoms with E-state index in [1.807, 2.05) is 0 Å². The predicted octanol–water partition coefficient (Wildman–Crippen LogP) is 2.70. The molecule has 0 aliphatic rings. The Morgan fingerprint density at radius 2 is 1.82 bits per heavy atom. The Morgan fingerprint density at radius 1 is 1.29 bits per heavy atom. The molecule has 0 heterocycles. The Kier molecular flexibility index (Phi) is 3.83. The fourth-order valence-corrected chi connectivity index (χ4v) is 2.40. The first-order valence-electron chi connectivity index (χ1n) is 4.72. The van der Waals surface area contributed by atoms with Crippen molar-refractivity contribution in [1.29, 1.82) is 0 Å². The first-order chi connectivity index (χ1) is 7.61. The van der Waals surface area contributed by atoms with E-state index < -0.39 is 33.5 Å². The Balaban J connectivity index is 3.14. The quantitative estimate of drug-likeness (QED) is 0.857. The second-order valence-electron chi connectivity index (χ2n) is 3.73. The molecule has 1 aromatic rings. The SMILES string of the molecule is CC(CS(=O)(=O)O)c1ccccc1C(F)(F)F. The van der Waals surface area contributed by atoms with Gasteiger partial charge in [-0.25, -0.2) is 0 Å². The van der Waals surface area contributed by atoms with Gasteiger partial charge in [0.25, 0.3) is 10.1 Å². The lowest BCUT2D eigenvalue weighted by atomic mass is 9.97. The molecule has 0 bridgehead atoms. The van der Waals surface area contributed by atoms with Gasteiger partial charge in [0.1, 0.15) is 0 Å². The molecule has 1 rings (SSSR count). The lowest BCUT2D eigenvalue weighted by Crippen LogP contribution is -2.16. The van der Waals surface area contributed by atoms with E-state index >= 15 is 0 Å².